The van der Waals surface area contributed by atoms with Crippen molar-refractivity contribution in [3.8, 4) is 21.8 Å². The second-order valence-electron chi connectivity index (χ2n) is 4.55. The second kappa shape index (κ2) is 5.66. The highest BCUT2D eigenvalue weighted by Crippen LogP contribution is 2.34. The van der Waals surface area contributed by atoms with Crippen molar-refractivity contribution in [3.05, 3.63) is 63.4 Å². The number of benzene rings is 2. The number of rotatable bonds is 2. The van der Waals surface area contributed by atoms with E-state index in [4.69, 9.17) is 0 Å². The summed E-state index contributed by atoms with van der Waals surface area (Å²) in [5.41, 5.74) is 2.12. The van der Waals surface area contributed by atoms with E-state index in [1.807, 2.05) is 31.2 Å². The second-order valence-corrected chi connectivity index (χ2v) is 6.67. The molecule has 106 valence electrons. The molecule has 0 saturated carbocycles. The highest BCUT2D eigenvalue weighted by Gasteiger charge is 2.14. The summed E-state index contributed by atoms with van der Waals surface area (Å²) in [5, 5.41) is 0.558. The molecule has 0 atom stereocenters. The third-order valence-electron chi connectivity index (χ3n) is 3.08. The first-order valence-corrected chi connectivity index (χ1v) is 7.84. The van der Waals surface area contributed by atoms with E-state index in [1.54, 1.807) is 0 Å². The molecule has 5 heteroatoms. The average molecular weight is 366 g/mol. The summed E-state index contributed by atoms with van der Waals surface area (Å²) >= 11 is 4.79. The molecule has 0 aliphatic heterocycles. The lowest BCUT2D eigenvalue weighted by atomic mass is 10.1. The Morgan fingerprint density at radius 1 is 1.05 bits per heavy atom. The normalized spacial score (nSPS) is 10.9. The molecule has 0 radical (unpaired) electrons. The highest BCUT2D eigenvalue weighted by atomic mass is 79.9. The Balaban J connectivity index is 2.07. The molecule has 1 nitrogen and oxygen atoms in total. The van der Waals surface area contributed by atoms with Gasteiger partial charge in [-0.3, -0.25) is 0 Å². The summed E-state index contributed by atoms with van der Waals surface area (Å²) in [6, 6.07) is 11.3. The summed E-state index contributed by atoms with van der Waals surface area (Å²) in [6.45, 7) is 1.94. The van der Waals surface area contributed by atoms with E-state index in [9.17, 15) is 8.78 Å². The first kappa shape index (κ1) is 14.4. The van der Waals surface area contributed by atoms with Crippen LogP contribution in [0.2, 0.25) is 0 Å². The van der Waals surface area contributed by atoms with Crippen LogP contribution in [0.15, 0.2) is 46.9 Å². The van der Waals surface area contributed by atoms with Gasteiger partial charge in [0.1, 0.15) is 16.6 Å². The number of aromatic nitrogens is 1. The SMILES string of the molecule is Cc1sc(-c2ccc(F)cc2F)nc1-c1ccc(Br)cc1. The van der Waals surface area contributed by atoms with Crippen LogP contribution in [-0.2, 0) is 0 Å². The highest BCUT2D eigenvalue weighted by molar-refractivity contribution is 9.10. The van der Waals surface area contributed by atoms with Crippen LogP contribution >= 0.6 is 27.3 Å². The molecule has 3 aromatic rings. The van der Waals surface area contributed by atoms with Crippen molar-refractivity contribution in [3.63, 3.8) is 0 Å². The van der Waals surface area contributed by atoms with Crippen LogP contribution in [0.3, 0.4) is 0 Å². The first-order chi connectivity index (χ1) is 10.0. The third kappa shape index (κ3) is 2.89. The van der Waals surface area contributed by atoms with Gasteiger partial charge in [-0.2, -0.15) is 0 Å². The Morgan fingerprint density at radius 2 is 1.76 bits per heavy atom. The minimum atomic E-state index is -0.592. The van der Waals surface area contributed by atoms with E-state index in [0.29, 0.717) is 10.6 Å². The number of halogens is 3. The van der Waals surface area contributed by atoms with Crippen LogP contribution in [-0.4, -0.2) is 4.98 Å². The van der Waals surface area contributed by atoms with Crippen molar-refractivity contribution in [1.82, 2.24) is 4.98 Å². The van der Waals surface area contributed by atoms with Crippen molar-refractivity contribution in [2.24, 2.45) is 0 Å². The molecule has 3 rings (SSSR count). The van der Waals surface area contributed by atoms with Crippen LogP contribution in [0.25, 0.3) is 21.8 Å². The minimum absolute atomic E-state index is 0.327. The lowest BCUT2D eigenvalue weighted by Crippen LogP contribution is -1.86. The van der Waals surface area contributed by atoms with Gasteiger partial charge in [0.15, 0.2) is 0 Å². The largest absolute Gasteiger partial charge is 0.236 e. The van der Waals surface area contributed by atoms with Crippen molar-refractivity contribution in [2.75, 3.05) is 0 Å². The van der Waals surface area contributed by atoms with Crippen molar-refractivity contribution >= 4 is 27.3 Å². The monoisotopic (exact) mass is 365 g/mol. The lowest BCUT2D eigenvalue weighted by molar-refractivity contribution is 0.585. The number of nitrogens with zero attached hydrogens (tertiary/aromatic N) is 1. The number of thiazole rings is 1. The minimum Gasteiger partial charge on any atom is -0.236 e. The van der Waals surface area contributed by atoms with Crippen LogP contribution < -0.4 is 0 Å². The van der Waals surface area contributed by atoms with Gasteiger partial charge in [0, 0.05) is 26.5 Å². The van der Waals surface area contributed by atoms with E-state index in [1.165, 1.54) is 23.5 Å². The molecule has 2 aromatic carbocycles. The van der Waals surface area contributed by atoms with Gasteiger partial charge in [0.25, 0.3) is 0 Å². The Labute approximate surface area is 133 Å². The molecule has 0 spiro atoms. The Morgan fingerprint density at radius 3 is 2.43 bits per heavy atom. The van der Waals surface area contributed by atoms with Gasteiger partial charge in [0.2, 0.25) is 0 Å². The Bertz CT molecular complexity index is 797. The maximum Gasteiger partial charge on any atom is 0.136 e. The molecule has 0 fully saturated rings. The third-order valence-corrected chi connectivity index (χ3v) is 4.61. The van der Waals surface area contributed by atoms with Gasteiger partial charge in [-0.15, -0.1) is 11.3 Å². The summed E-state index contributed by atoms with van der Waals surface area (Å²) in [6.07, 6.45) is 0. The molecule has 0 aliphatic rings. The smallest absolute Gasteiger partial charge is 0.136 e. The molecule has 0 amide bonds. The number of hydrogen-bond acceptors (Lipinski definition) is 2. The van der Waals surface area contributed by atoms with E-state index in [2.05, 4.69) is 20.9 Å². The predicted molar refractivity (Wildman–Crippen MR) is 85.3 cm³/mol. The van der Waals surface area contributed by atoms with Gasteiger partial charge in [-0.1, -0.05) is 28.1 Å². The number of hydrogen-bond donors (Lipinski definition) is 0. The summed E-state index contributed by atoms with van der Waals surface area (Å²) < 4.78 is 27.8. The fraction of sp³-hybridized carbons (Fsp3) is 0.0625. The molecule has 0 unspecified atom stereocenters. The van der Waals surface area contributed by atoms with E-state index >= 15 is 0 Å². The van der Waals surface area contributed by atoms with Gasteiger partial charge >= 0.3 is 0 Å². The van der Waals surface area contributed by atoms with Crippen LogP contribution in [0.5, 0.6) is 0 Å². The molecular formula is C16H10BrF2NS. The molecule has 0 saturated heterocycles. The molecule has 0 N–H and O–H groups in total. The molecule has 1 aromatic heterocycles. The van der Waals surface area contributed by atoms with Gasteiger partial charge in [-0.25, -0.2) is 13.8 Å². The molecule has 0 bridgehead atoms. The average Bonchev–Trinajstić information content (AvgIpc) is 2.81. The maximum absolute atomic E-state index is 13.9. The summed E-state index contributed by atoms with van der Waals surface area (Å²) in [4.78, 5) is 5.51. The van der Waals surface area contributed by atoms with E-state index in [-0.39, 0.29) is 0 Å². The van der Waals surface area contributed by atoms with Gasteiger partial charge < -0.3 is 0 Å². The van der Waals surface area contributed by atoms with Crippen LogP contribution in [0.4, 0.5) is 8.78 Å². The Hall–Kier alpha value is -1.59. The molecule has 0 aliphatic carbocycles. The zero-order chi connectivity index (χ0) is 15.0. The quantitative estimate of drug-likeness (QED) is 0.556. The van der Waals surface area contributed by atoms with Crippen molar-refractivity contribution in [2.45, 2.75) is 6.92 Å². The maximum atomic E-state index is 13.9. The van der Waals surface area contributed by atoms with Crippen molar-refractivity contribution in [1.29, 1.82) is 0 Å². The fourth-order valence-corrected chi connectivity index (χ4v) is 3.28. The topological polar surface area (TPSA) is 12.9 Å². The zero-order valence-electron chi connectivity index (χ0n) is 11.0. The van der Waals surface area contributed by atoms with Gasteiger partial charge in [0.05, 0.1) is 5.69 Å². The van der Waals surface area contributed by atoms with E-state index in [0.717, 1.165) is 26.7 Å². The molecule has 1 heterocycles. The summed E-state index contributed by atoms with van der Waals surface area (Å²) in [5.74, 6) is -1.18. The standard InChI is InChI=1S/C16H10BrF2NS/c1-9-15(10-2-4-11(17)5-3-10)20-16(21-9)13-7-6-12(18)8-14(13)19/h2-8H,1H3. The summed E-state index contributed by atoms with van der Waals surface area (Å²) in [7, 11) is 0. The Kier molecular flexibility index (Phi) is 3.87. The molecule has 21 heavy (non-hydrogen) atoms. The number of aryl methyl sites for hydroxylation is 1. The van der Waals surface area contributed by atoms with Crippen LogP contribution in [0.1, 0.15) is 4.88 Å². The van der Waals surface area contributed by atoms with Crippen LogP contribution in [0, 0.1) is 18.6 Å². The zero-order valence-corrected chi connectivity index (χ0v) is 13.4. The molecular weight excluding hydrogens is 356 g/mol. The van der Waals surface area contributed by atoms with Gasteiger partial charge in [-0.05, 0) is 31.2 Å². The fourth-order valence-electron chi connectivity index (χ4n) is 2.05. The van der Waals surface area contributed by atoms with Crippen molar-refractivity contribution < 1.29 is 8.78 Å². The lowest BCUT2D eigenvalue weighted by Gasteiger charge is -1.99. The first-order valence-electron chi connectivity index (χ1n) is 6.23. The van der Waals surface area contributed by atoms with E-state index < -0.39 is 11.6 Å². The predicted octanol–water partition coefficient (Wildman–Crippen LogP) is 5.83.